The molecule has 19 heavy (non-hydrogen) atoms. The molecular weight excluding hydrogens is 238 g/mol. The summed E-state index contributed by atoms with van der Waals surface area (Å²) in [6.45, 7) is 7.09. The Hall–Kier alpha value is -1.81. The van der Waals surface area contributed by atoms with Crippen LogP contribution in [0, 0.1) is 0 Å². The lowest BCUT2D eigenvalue weighted by atomic mass is 10.1. The van der Waals surface area contributed by atoms with Gasteiger partial charge in [0.1, 0.15) is 6.26 Å². The maximum Gasteiger partial charge on any atom is 0.301 e. The van der Waals surface area contributed by atoms with Crippen LogP contribution < -0.4 is 10.2 Å². The van der Waals surface area contributed by atoms with Crippen LogP contribution in [0.5, 0.6) is 0 Å². The van der Waals surface area contributed by atoms with Gasteiger partial charge in [-0.15, -0.1) is 0 Å². The summed E-state index contributed by atoms with van der Waals surface area (Å²) in [7, 11) is 1.95. The number of benzene rings is 1. The van der Waals surface area contributed by atoms with E-state index < -0.39 is 0 Å². The number of anilines is 2. The van der Waals surface area contributed by atoms with Crippen LogP contribution in [0.1, 0.15) is 26.5 Å². The van der Waals surface area contributed by atoms with Crippen molar-refractivity contribution in [2.45, 2.75) is 32.9 Å². The number of rotatable bonds is 4. The fraction of sp³-hybridized carbons (Fsp3) is 0.400. The summed E-state index contributed by atoms with van der Waals surface area (Å²) in [5.74, 6) is 0. The highest BCUT2D eigenvalue weighted by atomic mass is 16.4. The van der Waals surface area contributed by atoms with Gasteiger partial charge in [0.25, 0.3) is 0 Å². The molecule has 0 aliphatic heterocycles. The molecule has 0 aliphatic rings. The summed E-state index contributed by atoms with van der Waals surface area (Å²) in [4.78, 5) is 6.42. The molecule has 1 N–H and O–H groups in total. The minimum absolute atomic E-state index is 0.0739. The van der Waals surface area contributed by atoms with Gasteiger partial charge in [-0.3, -0.25) is 4.90 Å². The second-order valence-electron chi connectivity index (χ2n) is 5.62. The van der Waals surface area contributed by atoms with E-state index in [2.05, 4.69) is 31.1 Å². The average molecular weight is 259 g/mol. The molecule has 0 amide bonds. The van der Waals surface area contributed by atoms with Gasteiger partial charge in [0, 0.05) is 24.8 Å². The minimum atomic E-state index is 0.0739. The highest BCUT2D eigenvalue weighted by molar-refractivity contribution is 5.54. The SMILES string of the molecule is CN(c1ccccc1)c1nc(CNC(C)(C)C)co1. The first-order valence-corrected chi connectivity index (χ1v) is 6.44. The molecule has 0 atom stereocenters. The zero-order chi connectivity index (χ0) is 13.9. The molecular formula is C15H21N3O. The summed E-state index contributed by atoms with van der Waals surface area (Å²) in [6, 6.07) is 10.6. The van der Waals surface area contributed by atoms with Gasteiger partial charge in [-0.05, 0) is 32.9 Å². The molecule has 102 valence electrons. The van der Waals surface area contributed by atoms with E-state index in [4.69, 9.17) is 4.42 Å². The molecule has 0 unspecified atom stereocenters. The lowest BCUT2D eigenvalue weighted by Crippen LogP contribution is -2.35. The van der Waals surface area contributed by atoms with Crippen LogP contribution in [0.25, 0.3) is 0 Å². The third-order valence-corrected chi connectivity index (χ3v) is 2.77. The number of aromatic nitrogens is 1. The highest BCUT2D eigenvalue weighted by Crippen LogP contribution is 2.22. The van der Waals surface area contributed by atoms with Crippen molar-refractivity contribution in [3.8, 4) is 0 Å². The quantitative estimate of drug-likeness (QED) is 0.914. The van der Waals surface area contributed by atoms with Crippen LogP contribution in [0.15, 0.2) is 41.0 Å². The Morgan fingerprint density at radius 2 is 1.89 bits per heavy atom. The standard InChI is InChI=1S/C15H21N3O/c1-15(2,3)16-10-12-11-19-14(17-12)18(4)13-8-6-5-7-9-13/h5-9,11,16H,10H2,1-4H3. The van der Waals surface area contributed by atoms with E-state index in [1.54, 1.807) is 6.26 Å². The summed E-state index contributed by atoms with van der Waals surface area (Å²) in [5, 5.41) is 3.39. The lowest BCUT2D eigenvalue weighted by molar-refractivity contribution is 0.421. The van der Waals surface area contributed by atoms with E-state index in [9.17, 15) is 0 Å². The van der Waals surface area contributed by atoms with Gasteiger partial charge in [-0.1, -0.05) is 18.2 Å². The minimum Gasteiger partial charge on any atom is -0.431 e. The summed E-state index contributed by atoms with van der Waals surface area (Å²) in [6.07, 6.45) is 1.70. The zero-order valence-corrected chi connectivity index (χ0v) is 12.0. The fourth-order valence-electron chi connectivity index (χ4n) is 1.65. The molecule has 2 aromatic rings. The molecule has 0 bridgehead atoms. The van der Waals surface area contributed by atoms with Crippen LogP contribution in [-0.2, 0) is 6.54 Å². The van der Waals surface area contributed by atoms with Gasteiger partial charge < -0.3 is 9.73 Å². The summed E-state index contributed by atoms with van der Waals surface area (Å²) < 4.78 is 5.52. The van der Waals surface area contributed by atoms with Crippen LogP contribution in [-0.4, -0.2) is 17.6 Å². The normalized spacial score (nSPS) is 11.6. The molecule has 4 heteroatoms. The van der Waals surface area contributed by atoms with Crippen molar-refractivity contribution < 1.29 is 4.42 Å². The molecule has 0 saturated carbocycles. The predicted molar refractivity (Wildman–Crippen MR) is 77.6 cm³/mol. The number of para-hydroxylation sites is 1. The van der Waals surface area contributed by atoms with E-state index >= 15 is 0 Å². The van der Waals surface area contributed by atoms with Crippen LogP contribution in [0.2, 0.25) is 0 Å². The zero-order valence-electron chi connectivity index (χ0n) is 12.0. The van der Waals surface area contributed by atoms with Crippen LogP contribution in [0.3, 0.4) is 0 Å². The number of nitrogens with zero attached hydrogens (tertiary/aromatic N) is 2. The highest BCUT2D eigenvalue weighted by Gasteiger charge is 2.13. The smallest absolute Gasteiger partial charge is 0.301 e. The molecule has 2 rings (SSSR count). The van der Waals surface area contributed by atoms with Crippen LogP contribution in [0.4, 0.5) is 11.7 Å². The predicted octanol–water partition coefficient (Wildman–Crippen LogP) is 3.33. The Morgan fingerprint density at radius 3 is 2.53 bits per heavy atom. The van der Waals surface area contributed by atoms with Crippen molar-refractivity contribution in [1.29, 1.82) is 0 Å². The van der Waals surface area contributed by atoms with E-state index in [-0.39, 0.29) is 5.54 Å². The molecule has 1 aromatic heterocycles. The maximum atomic E-state index is 5.52. The first-order chi connectivity index (χ1) is 8.96. The molecule has 0 fully saturated rings. The van der Waals surface area contributed by atoms with Gasteiger partial charge in [0.15, 0.2) is 0 Å². The van der Waals surface area contributed by atoms with Crippen molar-refractivity contribution in [3.05, 3.63) is 42.3 Å². The molecule has 0 saturated heterocycles. The topological polar surface area (TPSA) is 41.3 Å². The van der Waals surface area contributed by atoms with Crippen molar-refractivity contribution in [3.63, 3.8) is 0 Å². The molecule has 1 heterocycles. The van der Waals surface area contributed by atoms with Gasteiger partial charge in [0.05, 0.1) is 5.69 Å². The van der Waals surface area contributed by atoms with E-state index in [0.717, 1.165) is 11.4 Å². The number of hydrogen-bond acceptors (Lipinski definition) is 4. The third-order valence-electron chi connectivity index (χ3n) is 2.77. The first-order valence-electron chi connectivity index (χ1n) is 6.44. The van der Waals surface area contributed by atoms with Crippen molar-refractivity contribution >= 4 is 11.7 Å². The molecule has 0 radical (unpaired) electrons. The monoisotopic (exact) mass is 259 g/mol. The largest absolute Gasteiger partial charge is 0.431 e. The number of oxazole rings is 1. The second kappa shape index (κ2) is 5.45. The number of nitrogens with one attached hydrogen (secondary N) is 1. The van der Waals surface area contributed by atoms with Gasteiger partial charge in [-0.2, -0.15) is 4.98 Å². The van der Waals surface area contributed by atoms with Gasteiger partial charge in [-0.25, -0.2) is 0 Å². The molecule has 4 nitrogen and oxygen atoms in total. The molecule has 0 spiro atoms. The van der Waals surface area contributed by atoms with E-state index in [0.29, 0.717) is 12.6 Å². The molecule has 0 aliphatic carbocycles. The van der Waals surface area contributed by atoms with Gasteiger partial charge >= 0.3 is 6.01 Å². The number of hydrogen-bond donors (Lipinski definition) is 1. The third kappa shape index (κ3) is 3.83. The fourth-order valence-corrected chi connectivity index (χ4v) is 1.65. The average Bonchev–Trinajstić information content (AvgIpc) is 2.84. The Bertz CT molecular complexity index is 514. The van der Waals surface area contributed by atoms with E-state index in [1.807, 2.05) is 42.3 Å². The van der Waals surface area contributed by atoms with Crippen molar-refractivity contribution in [2.75, 3.05) is 11.9 Å². The van der Waals surface area contributed by atoms with Gasteiger partial charge in [0.2, 0.25) is 0 Å². The summed E-state index contributed by atoms with van der Waals surface area (Å²) >= 11 is 0. The van der Waals surface area contributed by atoms with Crippen molar-refractivity contribution in [2.24, 2.45) is 0 Å². The van der Waals surface area contributed by atoms with Crippen molar-refractivity contribution in [1.82, 2.24) is 10.3 Å². The van der Waals surface area contributed by atoms with Crippen LogP contribution >= 0.6 is 0 Å². The molecule has 1 aromatic carbocycles. The Morgan fingerprint density at radius 1 is 1.21 bits per heavy atom. The Kier molecular flexibility index (Phi) is 3.90. The second-order valence-corrected chi connectivity index (χ2v) is 5.62. The first kappa shape index (κ1) is 13.6. The van der Waals surface area contributed by atoms with E-state index in [1.165, 1.54) is 0 Å². The summed E-state index contributed by atoms with van der Waals surface area (Å²) in [5.41, 5.74) is 2.04. The Labute approximate surface area is 114 Å². The maximum absolute atomic E-state index is 5.52. The Balaban J connectivity index is 2.05. The lowest BCUT2D eigenvalue weighted by Gasteiger charge is -2.19.